The van der Waals surface area contributed by atoms with Crippen molar-refractivity contribution in [2.45, 2.75) is 58.1 Å². The number of rotatable bonds is 3. The number of amides is 1. The number of carbonyl (C=O) groups excluding carboxylic acids is 1. The van der Waals surface area contributed by atoms with E-state index in [-0.39, 0.29) is 12.1 Å². The number of aromatic nitrogens is 2. The van der Waals surface area contributed by atoms with Crippen LogP contribution in [0.1, 0.15) is 44.9 Å². The van der Waals surface area contributed by atoms with Crippen LogP contribution in [0, 0.1) is 0 Å². The minimum Gasteiger partial charge on any atom is -0.490 e. The number of ether oxygens (including phenoxy) is 3. The van der Waals surface area contributed by atoms with Gasteiger partial charge in [-0.25, -0.2) is 9.78 Å². The van der Waals surface area contributed by atoms with Gasteiger partial charge in [0.2, 0.25) is 0 Å². The third-order valence-electron chi connectivity index (χ3n) is 6.67. The van der Waals surface area contributed by atoms with Crippen molar-refractivity contribution in [2.24, 2.45) is 7.05 Å². The Hall–Kier alpha value is -3.42. The van der Waals surface area contributed by atoms with Gasteiger partial charge in [0.15, 0.2) is 11.5 Å². The number of aryl methyl sites for hydroxylation is 1. The van der Waals surface area contributed by atoms with Crippen molar-refractivity contribution in [1.29, 1.82) is 0 Å². The summed E-state index contributed by atoms with van der Waals surface area (Å²) in [5.74, 6) is 2.30. The number of nitrogens with zero attached hydrogens (tertiary/aromatic N) is 3. The fourth-order valence-electron chi connectivity index (χ4n) is 4.88. The van der Waals surface area contributed by atoms with Crippen molar-refractivity contribution < 1.29 is 19.0 Å². The summed E-state index contributed by atoms with van der Waals surface area (Å²) in [6.45, 7) is 7.01. The SMILES string of the molecule is CN(C(=O)OC(C)(C)C)C1CCc2c(c3ccc(Nc4ccc5c(c4)OCCCO5)nc3n2C)C1. The lowest BCUT2D eigenvalue weighted by Crippen LogP contribution is -2.43. The van der Waals surface area contributed by atoms with Gasteiger partial charge in [0, 0.05) is 49.4 Å². The van der Waals surface area contributed by atoms with Crippen molar-refractivity contribution >= 4 is 28.6 Å². The van der Waals surface area contributed by atoms with Gasteiger partial charge in [0.1, 0.15) is 17.1 Å². The third-order valence-corrected chi connectivity index (χ3v) is 6.67. The number of likely N-dealkylation sites (N-methyl/N-ethyl adjacent to an activating group) is 1. The molecule has 0 spiro atoms. The van der Waals surface area contributed by atoms with Crippen molar-refractivity contribution in [1.82, 2.24) is 14.5 Å². The highest BCUT2D eigenvalue weighted by atomic mass is 16.6. The Labute approximate surface area is 206 Å². The van der Waals surface area contributed by atoms with Crippen LogP contribution in [0.25, 0.3) is 11.0 Å². The molecule has 1 atom stereocenters. The van der Waals surface area contributed by atoms with Gasteiger partial charge in [-0.1, -0.05) is 0 Å². The lowest BCUT2D eigenvalue weighted by atomic mass is 9.91. The normalized spacial score (nSPS) is 17.5. The summed E-state index contributed by atoms with van der Waals surface area (Å²) in [5, 5.41) is 4.54. The highest BCUT2D eigenvalue weighted by Crippen LogP contribution is 2.35. The number of anilines is 2. The quantitative estimate of drug-likeness (QED) is 0.557. The maximum absolute atomic E-state index is 12.6. The van der Waals surface area contributed by atoms with Gasteiger partial charge < -0.3 is 29.0 Å². The molecule has 0 bridgehead atoms. The van der Waals surface area contributed by atoms with E-state index in [2.05, 4.69) is 23.0 Å². The van der Waals surface area contributed by atoms with Gasteiger partial charge in [-0.15, -0.1) is 0 Å². The Morgan fingerprint density at radius 2 is 1.94 bits per heavy atom. The minimum atomic E-state index is -0.506. The first-order chi connectivity index (χ1) is 16.7. The van der Waals surface area contributed by atoms with Crippen LogP contribution >= 0.6 is 0 Å². The fraction of sp³-hybridized carbons (Fsp3) is 0.481. The standard InChI is InChI=1S/C27H34N4O4/c1-27(2,3)35-26(32)30(4)18-8-10-21-20(16-18)19-9-12-24(29-25(19)31(21)5)28-17-7-11-22-23(15-17)34-14-6-13-33-22/h7,9,11-12,15,18H,6,8,10,13-14,16H2,1-5H3,(H,28,29). The number of hydrogen-bond acceptors (Lipinski definition) is 6. The molecular weight excluding hydrogens is 444 g/mol. The molecule has 186 valence electrons. The van der Waals surface area contributed by atoms with E-state index in [0.29, 0.717) is 13.2 Å². The first-order valence-electron chi connectivity index (χ1n) is 12.3. The number of fused-ring (bicyclic) bond motifs is 4. The summed E-state index contributed by atoms with van der Waals surface area (Å²) in [6, 6.07) is 10.1. The molecule has 1 aromatic carbocycles. The molecule has 35 heavy (non-hydrogen) atoms. The summed E-state index contributed by atoms with van der Waals surface area (Å²) >= 11 is 0. The van der Waals surface area contributed by atoms with E-state index in [4.69, 9.17) is 19.2 Å². The molecule has 8 nitrogen and oxygen atoms in total. The maximum Gasteiger partial charge on any atom is 0.410 e. The maximum atomic E-state index is 12.6. The zero-order valence-corrected chi connectivity index (χ0v) is 21.2. The van der Waals surface area contributed by atoms with Crippen LogP contribution in [0.3, 0.4) is 0 Å². The van der Waals surface area contributed by atoms with Crippen LogP contribution in [0.4, 0.5) is 16.3 Å². The summed E-state index contributed by atoms with van der Waals surface area (Å²) in [5.41, 5.74) is 3.89. The zero-order chi connectivity index (χ0) is 24.7. The van der Waals surface area contributed by atoms with E-state index in [9.17, 15) is 4.79 Å². The Balaban J connectivity index is 1.37. The Kier molecular flexibility index (Phi) is 5.99. The largest absolute Gasteiger partial charge is 0.490 e. The predicted octanol–water partition coefficient (Wildman–Crippen LogP) is 5.20. The molecule has 0 saturated carbocycles. The van der Waals surface area contributed by atoms with Crippen LogP contribution in [0.5, 0.6) is 11.5 Å². The van der Waals surface area contributed by atoms with Crippen molar-refractivity contribution in [3.63, 3.8) is 0 Å². The van der Waals surface area contributed by atoms with Crippen LogP contribution in [0.2, 0.25) is 0 Å². The van der Waals surface area contributed by atoms with Gasteiger partial charge in [0.05, 0.1) is 13.2 Å². The van der Waals surface area contributed by atoms with Gasteiger partial charge in [0.25, 0.3) is 0 Å². The molecule has 1 unspecified atom stereocenters. The number of hydrogen-bond donors (Lipinski definition) is 1. The molecule has 1 aliphatic heterocycles. The van der Waals surface area contributed by atoms with E-state index in [0.717, 1.165) is 59.7 Å². The lowest BCUT2D eigenvalue weighted by molar-refractivity contribution is 0.0210. The van der Waals surface area contributed by atoms with Crippen molar-refractivity contribution in [3.8, 4) is 11.5 Å². The van der Waals surface area contributed by atoms with E-state index in [1.807, 2.05) is 52.1 Å². The molecule has 1 aliphatic carbocycles. The van der Waals surface area contributed by atoms with Gasteiger partial charge >= 0.3 is 6.09 Å². The smallest absolute Gasteiger partial charge is 0.410 e. The van der Waals surface area contributed by atoms with Crippen molar-refractivity contribution in [2.75, 3.05) is 25.6 Å². The van der Waals surface area contributed by atoms with E-state index in [1.165, 1.54) is 11.3 Å². The summed E-state index contributed by atoms with van der Waals surface area (Å²) < 4.78 is 19.3. The fourth-order valence-corrected chi connectivity index (χ4v) is 4.88. The van der Waals surface area contributed by atoms with Gasteiger partial charge in [-0.3, -0.25) is 0 Å². The second kappa shape index (κ2) is 8.98. The Morgan fingerprint density at radius 3 is 2.71 bits per heavy atom. The van der Waals surface area contributed by atoms with Crippen LogP contribution in [0.15, 0.2) is 30.3 Å². The van der Waals surface area contributed by atoms with E-state index in [1.54, 1.807) is 4.90 Å². The second-order valence-corrected chi connectivity index (χ2v) is 10.4. The molecule has 1 amide bonds. The second-order valence-electron chi connectivity index (χ2n) is 10.4. The molecule has 5 rings (SSSR count). The highest BCUT2D eigenvalue weighted by Gasteiger charge is 2.31. The number of carbonyl (C=O) groups is 1. The predicted molar refractivity (Wildman–Crippen MR) is 136 cm³/mol. The zero-order valence-electron chi connectivity index (χ0n) is 21.2. The van der Waals surface area contributed by atoms with E-state index >= 15 is 0 Å². The molecule has 2 aromatic heterocycles. The van der Waals surface area contributed by atoms with Gasteiger partial charge in [-0.05, 0) is 69.9 Å². The van der Waals surface area contributed by atoms with Crippen LogP contribution in [-0.4, -0.2) is 52.4 Å². The van der Waals surface area contributed by atoms with E-state index < -0.39 is 5.60 Å². The van der Waals surface area contributed by atoms with Crippen molar-refractivity contribution in [3.05, 3.63) is 41.6 Å². The topological polar surface area (TPSA) is 77.8 Å². The first kappa shape index (κ1) is 23.3. The minimum absolute atomic E-state index is 0.0996. The molecule has 0 saturated heterocycles. The molecule has 0 radical (unpaired) electrons. The summed E-state index contributed by atoms with van der Waals surface area (Å²) in [7, 11) is 3.91. The number of pyridine rings is 1. The Bertz CT molecular complexity index is 1260. The van der Waals surface area contributed by atoms with Crippen LogP contribution in [-0.2, 0) is 24.6 Å². The van der Waals surface area contributed by atoms with Crippen LogP contribution < -0.4 is 14.8 Å². The third kappa shape index (κ3) is 4.74. The van der Waals surface area contributed by atoms with Gasteiger partial charge in [-0.2, -0.15) is 0 Å². The number of nitrogens with one attached hydrogen (secondary N) is 1. The molecule has 8 heteroatoms. The molecule has 0 fully saturated rings. The average molecular weight is 479 g/mol. The lowest BCUT2D eigenvalue weighted by Gasteiger charge is -2.33. The average Bonchev–Trinajstić information content (AvgIpc) is 2.95. The first-order valence-corrected chi connectivity index (χ1v) is 12.3. The molecular formula is C27H34N4O4. The molecule has 1 N–H and O–H groups in total. The molecule has 3 heterocycles. The highest BCUT2D eigenvalue weighted by molar-refractivity contribution is 5.85. The molecule has 3 aromatic rings. The number of benzene rings is 1. The monoisotopic (exact) mass is 478 g/mol. The summed E-state index contributed by atoms with van der Waals surface area (Å²) in [6.07, 6.45) is 3.19. The Morgan fingerprint density at radius 1 is 1.17 bits per heavy atom. The summed E-state index contributed by atoms with van der Waals surface area (Å²) in [4.78, 5) is 19.3. The molecule has 2 aliphatic rings.